The Bertz CT molecular complexity index is 653. The predicted molar refractivity (Wildman–Crippen MR) is 105 cm³/mol. The Morgan fingerprint density at radius 1 is 1.36 bits per heavy atom. The standard InChI is InChI=1S/C21H34N2O5/c1-12(2)6-7-16-20(5,28-16)15-10-14(8-9-21(15)11-26-21)27-19(25)23-17(13(3)4)18(22)24/h6,13-17H,7-11H2,1-5H3,(H2,22,24)(H,23,25)/t14-,15-,16-,17-,20-,21+/m1/s1. The van der Waals surface area contributed by atoms with Gasteiger partial charge in [0, 0.05) is 5.92 Å². The van der Waals surface area contributed by atoms with E-state index in [9.17, 15) is 9.59 Å². The second-order valence-electron chi connectivity index (χ2n) is 9.28. The van der Waals surface area contributed by atoms with Gasteiger partial charge >= 0.3 is 6.09 Å². The van der Waals surface area contributed by atoms with E-state index in [1.807, 2.05) is 13.8 Å². The molecule has 3 rings (SSSR count). The lowest BCUT2D eigenvalue weighted by Crippen LogP contribution is -2.50. The highest BCUT2D eigenvalue weighted by atomic mass is 16.6. The molecule has 6 atom stereocenters. The Morgan fingerprint density at radius 2 is 2.04 bits per heavy atom. The van der Waals surface area contributed by atoms with Crippen LogP contribution in [0.4, 0.5) is 4.79 Å². The second kappa shape index (κ2) is 7.67. The number of rotatable bonds is 7. The first-order chi connectivity index (χ1) is 13.1. The zero-order valence-electron chi connectivity index (χ0n) is 17.6. The third-order valence-electron chi connectivity index (χ3n) is 6.47. The van der Waals surface area contributed by atoms with E-state index in [0.29, 0.717) is 6.42 Å². The van der Waals surface area contributed by atoms with Crippen LogP contribution in [0, 0.1) is 11.8 Å². The summed E-state index contributed by atoms with van der Waals surface area (Å²) in [6.07, 6.45) is 4.79. The zero-order chi connectivity index (χ0) is 20.7. The number of carbonyl (C=O) groups is 2. The van der Waals surface area contributed by atoms with E-state index < -0.39 is 18.0 Å². The minimum Gasteiger partial charge on any atom is -0.446 e. The molecule has 0 unspecified atom stereocenters. The van der Waals surface area contributed by atoms with Crippen molar-refractivity contribution < 1.29 is 23.8 Å². The van der Waals surface area contributed by atoms with Crippen molar-refractivity contribution in [1.29, 1.82) is 0 Å². The lowest BCUT2D eigenvalue weighted by molar-refractivity contribution is -0.121. The summed E-state index contributed by atoms with van der Waals surface area (Å²) in [4.78, 5) is 23.8. The summed E-state index contributed by atoms with van der Waals surface area (Å²) in [6.45, 7) is 10.7. The Kier molecular flexibility index (Phi) is 5.79. The van der Waals surface area contributed by atoms with Crippen LogP contribution < -0.4 is 11.1 Å². The van der Waals surface area contributed by atoms with Gasteiger partial charge in [0.2, 0.25) is 5.91 Å². The lowest BCUT2D eigenvalue weighted by Gasteiger charge is -2.36. The van der Waals surface area contributed by atoms with E-state index in [4.69, 9.17) is 19.9 Å². The molecule has 3 N–H and O–H groups in total. The molecule has 1 spiro atoms. The molecular formula is C21H34N2O5. The molecule has 0 bridgehead atoms. The molecule has 2 heterocycles. The van der Waals surface area contributed by atoms with Gasteiger partial charge in [0.15, 0.2) is 0 Å². The maximum atomic E-state index is 12.3. The number of hydrogen-bond acceptors (Lipinski definition) is 5. The number of ether oxygens (including phenoxy) is 3. The fraction of sp³-hybridized carbons (Fsp3) is 0.810. The Labute approximate surface area is 167 Å². The molecule has 28 heavy (non-hydrogen) atoms. The molecule has 2 aliphatic heterocycles. The highest BCUT2D eigenvalue weighted by Gasteiger charge is 2.68. The van der Waals surface area contributed by atoms with E-state index in [2.05, 4.69) is 32.2 Å². The van der Waals surface area contributed by atoms with Crippen LogP contribution in [0.25, 0.3) is 0 Å². The van der Waals surface area contributed by atoms with Gasteiger partial charge in [-0.15, -0.1) is 0 Å². The van der Waals surface area contributed by atoms with Crippen LogP contribution in [0.3, 0.4) is 0 Å². The summed E-state index contributed by atoms with van der Waals surface area (Å²) in [5, 5.41) is 2.60. The van der Waals surface area contributed by atoms with E-state index >= 15 is 0 Å². The third-order valence-corrected chi connectivity index (χ3v) is 6.47. The molecule has 0 radical (unpaired) electrons. The number of allylic oxidation sites excluding steroid dienone is 1. The molecule has 3 aliphatic rings. The van der Waals surface area contributed by atoms with Crippen molar-refractivity contribution in [3.05, 3.63) is 11.6 Å². The van der Waals surface area contributed by atoms with E-state index in [-0.39, 0.29) is 35.2 Å². The van der Waals surface area contributed by atoms with Crippen molar-refractivity contribution >= 4 is 12.0 Å². The van der Waals surface area contributed by atoms with Crippen molar-refractivity contribution in [3.8, 4) is 0 Å². The van der Waals surface area contributed by atoms with Gasteiger partial charge in [-0.3, -0.25) is 4.79 Å². The van der Waals surface area contributed by atoms with Gasteiger partial charge < -0.3 is 25.3 Å². The number of nitrogens with two attached hydrogens (primary N) is 1. The van der Waals surface area contributed by atoms with Gasteiger partial charge in [0.1, 0.15) is 12.1 Å². The monoisotopic (exact) mass is 394 g/mol. The summed E-state index contributed by atoms with van der Waals surface area (Å²) in [5.74, 6) is -0.458. The van der Waals surface area contributed by atoms with Gasteiger partial charge in [-0.1, -0.05) is 25.5 Å². The smallest absolute Gasteiger partial charge is 0.408 e. The van der Waals surface area contributed by atoms with Gasteiger partial charge in [0.25, 0.3) is 0 Å². The fourth-order valence-electron chi connectivity index (χ4n) is 4.56. The number of primary amides is 1. The SMILES string of the molecule is CC(C)=CC[C@H]1O[C@]1(C)[C@H]1C[C@H](OC(=O)N[C@@H](C(N)=O)C(C)C)CC[C@]12CO2. The number of alkyl carbamates (subject to hydrolysis) is 1. The van der Waals surface area contributed by atoms with Gasteiger partial charge in [0.05, 0.1) is 23.9 Å². The van der Waals surface area contributed by atoms with E-state index in [1.54, 1.807) is 0 Å². The van der Waals surface area contributed by atoms with Crippen LogP contribution in [0.15, 0.2) is 11.6 Å². The van der Waals surface area contributed by atoms with Crippen molar-refractivity contribution in [2.45, 2.75) is 89.8 Å². The summed E-state index contributed by atoms with van der Waals surface area (Å²) in [7, 11) is 0. The topological polar surface area (TPSA) is 106 Å². The maximum Gasteiger partial charge on any atom is 0.408 e. The van der Waals surface area contributed by atoms with Crippen molar-refractivity contribution in [3.63, 3.8) is 0 Å². The largest absolute Gasteiger partial charge is 0.446 e. The van der Waals surface area contributed by atoms with Crippen LogP contribution in [0.5, 0.6) is 0 Å². The average molecular weight is 395 g/mol. The van der Waals surface area contributed by atoms with Gasteiger partial charge in [-0.25, -0.2) is 4.79 Å². The summed E-state index contributed by atoms with van der Waals surface area (Å²) in [5.41, 5.74) is 6.28. The Morgan fingerprint density at radius 3 is 2.57 bits per heavy atom. The van der Waals surface area contributed by atoms with Crippen LogP contribution in [-0.2, 0) is 19.0 Å². The van der Waals surface area contributed by atoms with Crippen molar-refractivity contribution in [2.24, 2.45) is 17.6 Å². The van der Waals surface area contributed by atoms with E-state index in [0.717, 1.165) is 25.9 Å². The second-order valence-corrected chi connectivity index (χ2v) is 9.28. The van der Waals surface area contributed by atoms with Crippen LogP contribution in [-0.4, -0.2) is 48.1 Å². The number of epoxide rings is 2. The molecule has 158 valence electrons. The summed E-state index contributed by atoms with van der Waals surface area (Å²) in [6, 6.07) is -0.734. The summed E-state index contributed by atoms with van der Waals surface area (Å²) < 4.78 is 17.6. The first-order valence-corrected chi connectivity index (χ1v) is 10.3. The Hall–Kier alpha value is -1.60. The maximum absolute atomic E-state index is 12.3. The first-order valence-electron chi connectivity index (χ1n) is 10.3. The molecule has 7 heteroatoms. The molecule has 7 nitrogen and oxygen atoms in total. The molecule has 2 amide bonds. The number of nitrogens with one attached hydrogen (secondary N) is 1. The number of amides is 2. The molecule has 0 aromatic heterocycles. The van der Waals surface area contributed by atoms with Crippen LogP contribution in [0.2, 0.25) is 0 Å². The molecule has 0 aromatic rings. The third kappa shape index (κ3) is 4.35. The van der Waals surface area contributed by atoms with Gasteiger partial charge in [-0.2, -0.15) is 0 Å². The molecule has 0 aromatic carbocycles. The minimum atomic E-state index is -0.734. The normalized spacial score (nSPS) is 37.3. The lowest BCUT2D eigenvalue weighted by atomic mass is 9.70. The van der Waals surface area contributed by atoms with Crippen molar-refractivity contribution in [1.82, 2.24) is 5.32 Å². The average Bonchev–Trinajstić information content (AvgIpc) is 3.50. The number of carbonyl (C=O) groups excluding carboxylic acids is 2. The van der Waals surface area contributed by atoms with Crippen LogP contribution in [0.1, 0.15) is 60.3 Å². The molecule has 3 fully saturated rings. The van der Waals surface area contributed by atoms with Crippen LogP contribution >= 0.6 is 0 Å². The van der Waals surface area contributed by atoms with Crippen molar-refractivity contribution in [2.75, 3.05) is 6.61 Å². The predicted octanol–water partition coefficient (Wildman–Crippen LogP) is 2.67. The molecule has 1 saturated carbocycles. The van der Waals surface area contributed by atoms with E-state index in [1.165, 1.54) is 5.57 Å². The first kappa shape index (κ1) is 21.1. The Balaban J connectivity index is 1.59. The highest BCUT2D eigenvalue weighted by Crippen LogP contribution is 2.59. The minimum absolute atomic E-state index is 0.0955. The fourth-order valence-corrected chi connectivity index (χ4v) is 4.56. The molecule has 1 aliphatic carbocycles. The highest BCUT2D eigenvalue weighted by molar-refractivity contribution is 5.84. The quantitative estimate of drug-likeness (QED) is 0.510. The van der Waals surface area contributed by atoms with Gasteiger partial charge in [-0.05, 0) is 52.4 Å². The zero-order valence-corrected chi connectivity index (χ0v) is 17.6. The molecule has 2 saturated heterocycles. The summed E-state index contributed by atoms with van der Waals surface area (Å²) >= 11 is 0. The number of hydrogen-bond donors (Lipinski definition) is 2. The molecular weight excluding hydrogens is 360 g/mol.